The zero-order chi connectivity index (χ0) is 13.6. The Kier molecular flexibility index (Phi) is 3.10. The van der Waals surface area contributed by atoms with Crippen LogP contribution >= 0.6 is 23.8 Å². The minimum absolute atomic E-state index is 0.188. The Bertz CT molecular complexity index is 536. The van der Waals surface area contributed by atoms with E-state index in [1.807, 2.05) is 18.2 Å². The Morgan fingerprint density at radius 2 is 2.37 bits per heavy atom. The largest absolute Gasteiger partial charge is 0.468 e. The highest BCUT2D eigenvalue weighted by molar-refractivity contribution is 7.80. The van der Waals surface area contributed by atoms with Crippen molar-refractivity contribution in [3.8, 4) is 5.75 Å². The van der Waals surface area contributed by atoms with E-state index in [1.165, 1.54) is 0 Å². The van der Waals surface area contributed by atoms with Gasteiger partial charge in [0.2, 0.25) is 0 Å². The zero-order valence-electron chi connectivity index (χ0n) is 11.1. The average molecular weight is 297 g/mol. The van der Waals surface area contributed by atoms with Gasteiger partial charge in [-0.1, -0.05) is 18.5 Å². The van der Waals surface area contributed by atoms with Crippen molar-refractivity contribution in [3.05, 3.63) is 28.8 Å². The highest BCUT2D eigenvalue weighted by atomic mass is 35.5. The molecule has 2 heterocycles. The van der Waals surface area contributed by atoms with Crippen LogP contribution in [0.3, 0.4) is 0 Å². The maximum Gasteiger partial charge on any atom is 0.184 e. The van der Waals surface area contributed by atoms with Gasteiger partial charge in [0.05, 0.1) is 6.04 Å². The first-order chi connectivity index (χ1) is 9.03. The van der Waals surface area contributed by atoms with Crippen LogP contribution in [-0.2, 0) is 0 Å². The van der Waals surface area contributed by atoms with Crippen molar-refractivity contribution in [1.82, 2.24) is 10.2 Å². The summed E-state index contributed by atoms with van der Waals surface area (Å²) in [6.45, 7) is 5.16. The summed E-state index contributed by atoms with van der Waals surface area (Å²) in [7, 11) is 0. The van der Waals surface area contributed by atoms with Gasteiger partial charge in [0.1, 0.15) is 5.75 Å². The summed E-state index contributed by atoms with van der Waals surface area (Å²) < 4.78 is 6.22. The van der Waals surface area contributed by atoms with Gasteiger partial charge in [-0.15, -0.1) is 0 Å². The van der Waals surface area contributed by atoms with Crippen LogP contribution in [0, 0.1) is 0 Å². The fourth-order valence-electron chi connectivity index (χ4n) is 2.95. The van der Waals surface area contributed by atoms with E-state index in [9.17, 15) is 0 Å². The molecule has 2 bridgehead atoms. The second-order valence-corrected chi connectivity index (χ2v) is 6.14. The number of hydrogen-bond acceptors (Lipinski definition) is 2. The van der Waals surface area contributed by atoms with Crippen LogP contribution in [0.1, 0.15) is 38.3 Å². The molecular formula is C14H17ClN2OS. The van der Waals surface area contributed by atoms with E-state index in [4.69, 9.17) is 28.6 Å². The summed E-state index contributed by atoms with van der Waals surface area (Å²) in [6, 6.07) is 5.97. The molecule has 0 aliphatic carbocycles. The lowest BCUT2D eigenvalue weighted by atomic mass is 9.90. The normalized spacial score (nSPS) is 28.5. The molecule has 2 aliphatic heterocycles. The maximum atomic E-state index is 6.22. The van der Waals surface area contributed by atoms with E-state index in [2.05, 4.69) is 24.1 Å². The molecular weight excluding hydrogens is 280 g/mol. The van der Waals surface area contributed by atoms with E-state index >= 15 is 0 Å². The number of rotatable bonds is 2. The number of halogens is 1. The lowest BCUT2D eigenvalue weighted by Gasteiger charge is -2.52. The summed E-state index contributed by atoms with van der Waals surface area (Å²) in [5, 5.41) is 4.91. The number of nitrogens with one attached hydrogen (secondary N) is 1. The molecule has 0 saturated carbocycles. The fraction of sp³-hybridized carbons (Fsp3) is 0.500. The predicted octanol–water partition coefficient (Wildman–Crippen LogP) is 3.48. The van der Waals surface area contributed by atoms with Crippen molar-refractivity contribution in [1.29, 1.82) is 0 Å². The van der Waals surface area contributed by atoms with Crippen molar-refractivity contribution in [2.24, 2.45) is 0 Å². The lowest BCUT2D eigenvalue weighted by Crippen LogP contribution is -2.64. The molecule has 1 aromatic rings. The van der Waals surface area contributed by atoms with Gasteiger partial charge in [0, 0.05) is 23.6 Å². The molecule has 0 aromatic heterocycles. The van der Waals surface area contributed by atoms with E-state index in [-0.39, 0.29) is 11.8 Å². The van der Waals surface area contributed by atoms with Gasteiger partial charge in [-0.3, -0.25) is 0 Å². The van der Waals surface area contributed by atoms with Crippen LogP contribution in [-0.4, -0.2) is 22.3 Å². The highest BCUT2D eigenvalue weighted by Gasteiger charge is 2.47. The second kappa shape index (κ2) is 4.53. The van der Waals surface area contributed by atoms with Crippen molar-refractivity contribution >= 4 is 28.9 Å². The smallest absolute Gasteiger partial charge is 0.184 e. The molecule has 0 spiro atoms. The molecule has 3 rings (SSSR count). The second-order valence-electron chi connectivity index (χ2n) is 5.32. The average Bonchev–Trinajstić information content (AvgIpc) is 2.35. The SMILES string of the molecule is CCCN1C(=S)NC2CC1(C)Oc1ccc(Cl)cc12. The van der Waals surface area contributed by atoms with Gasteiger partial charge in [-0.25, -0.2) is 0 Å². The molecule has 1 fully saturated rings. The maximum absolute atomic E-state index is 6.22. The van der Waals surface area contributed by atoms with Crippen LogP contribution in [0.15, 0.2) is 18.2 Å². The Balaban J connectivity index is 2.03. The van der Waals surface area contributed by atoms with Gasteiger partial charge < -0.3 is 15.0 Å². The summed E-state index contributed by atoms with van der Waals surface area (Å²) >= 11 is 11.6. The van der Waals surface area contributed by atoms with Crippen LogP contribution in [0.2, 0.25) is 5.02 Å². The van der Waals surface area contributed by atoms with E-state index in [0.29, 0.717) is 0 Å². The molecule has 3 nitrogen and oxygen atoms in total. The van der Waals surface area contributed by atoms with Crippen LogP contribution in [0.4, 0.5) is 0 Å². The zero-order valence-corrected chi connectivity index (χ0v) is 12.6. The molecule has 19 heavy (non-hydrogen) atoms. The third kappa shape index (κ3) is 2.07. The minimum Gasteiger partial charge on any atom is -0.468 e. The molecule has 5 heteroatoms. The summed E-state index contributed by atoms with van der Waals surface area (Å²) in [6.07, 6.45) is 1.92. The summed E-state index contributed by atoms with van der Waals surface area (Å²) in [4.78, 5) is 2.15. The Hall–Kier alpha value is -1.00. The summed E-state index contributed by atoms with van der Waals surface area (Å²) in [5.74, 6) is 0.902. The first kappa shape index (κ1) is 13.0. The first-order valence-electron chi connectivity index (χ1n) is 6.60. The number of fused-ring (bicyclic) bond motifs is 4. The molecule has 0 amide bonds. The number of benzene rings is 1. The third-order valence-electron chi connectivity index (χ3n) is 3.82. The molecule has 0 radical (unpaired) electrons. The Labute approximate surface area is 123 Å². The van der Waals surface area contributed by atoms with Gasteiger partial charge >= 0.3 is 0 Å². The standard InChI is InChI=1S/C14H17ClN2OS/c1-3-6-17-13(19)16-11-8-14(17,2)18-12-5-4-9(15)7-10(11)12/h4-5,7,11H,3,6,8H2,1-2H3,(H,16,19). The van der Waals surface area contributed by atoms with Crippen molar-refractivity contribution in [2.75, 3.05) is 6.54 Å². The molecule has 2 aliphatic rings. The van der Waals surface area contributed by atoms with E-state index < -0.39 is 0 Å². The first-order valence-corrected chi connectivity index (χ1v) is 7.39. The molecule has 102 valence electrons. The number of nitrogens with zero attached hydrogens (tertiary/aromatic N) is 1. The number of thiocarbonyl (C=S) groups is 1. The van der Waals surface area contributed by atoms with Gasteiger partial charge in [-0.05, 0) is 43.8 Å². The molecule has 1 N–H and O–H groups in total. The Morgan fingerprint density at radius 3 is 3.11 bits per heavy atom. The van der Waals surface area contributed by atoms with Gasteiger partial charge in [0.25, 0.3) is 0 Å². The lowest BCUT2D eigenvalue weighted by molar-refractivity contribution is -0.0680. The van der Waals surface area contributed by atoms with E-state index in [0.717, 1.165) is 40.8 Å². The van der Waals surface area contributed by atoms with Gasteiger partial charge in [-0.2, -0.15) is 0 Å². The number of ether oxygens (including phenoxy) is 1. The third-order valence-corrected chi connectivity index (χ3v) is 4.39. The topological polar surface area (TPSA) is 24.5 Å². The van der Waals surface area contributed by atoms with Crippen LogP contribution < -0.4 is 10.1 Å². The monoisotopic (exact) mass is 296 g/mol. The van der Waals surface area contributed by atoms with Crippen molar-refractivity contribution in [3.63, 3.8) is 0 Å². The molecule has 1 aromatic carbocycles. The van der Waals surface area contributed by atoms with Gasteiger partial charge in [0.15, 0.2) is 10.8 Å². The van der Waals surface area contributed by atoms with Crippen LogP contribution in [0.25, 0.3) is 0 Å². The Morgan fingerprint density at radius 1 is 1.58 bits per heavy atom. The summed E-state index contributed by atoms with van der Waals surface area (Å²) in [5.41, 5.74) is 0.743. The fourth-order valence-corrected chi connectivity index (χ4v) is 3.56. The van der Waals surface area contributed by atoms with Crippen LogP contribution in [0.5, 0.6) is 5.75 Å². The highest BCUT2D eigenvalue weighted by Crippen LogP contribution is 2.44. The molecule has 1 saturated heterocycles. The quantitative estimate of drug-likeness (QED) is 0.845. The molecule has 2 unspecified atom stereocenters. The van der Waals surface area contributed by atoms with E-state index in [1.54, 1.807) is 0 Å². The van der Waals surface area contributed by atoms with Crippen molar-refractivity contribution < 1.29 is 4.74 Å². The minimum atomic E-state index is -0.357. The number of hydrogen-bond donors (Lipinski definition) is 1. The molecule has 2 atom stereocenters. The van der Waals surface area contributed by atoms with Crippen molar-refractivity contribution in [2.45, 2.75) is 38.5 Å². The predicted molar refractivity (Wildman–Crippen MR) is 80.6 cm³/mol.